The second-order valence-electron chi connectivity index (χ2n) is 4.78. The molecule has 0 saturated carbocycles. The van der Waals surface area contributed by atoms with E-state index in [1.54, 1.807) is 7.11 Å². The monoisotopic (exact) mass is 289 g/mol. The number of methoxy groups -OCH3 is 1. The smallest absolute Gasteiger partial charge is 0.332 e. The molecule has 118 valence electrons. The molecule has 0 aromatic heterocycles. The van der Waals surface area contributed by atoms with Crippen molar-refractivity contribution >= 4 is 5.97 Å². The van der Waals surface area contributed by atoms with Gasteiger partial charge in [0, 0.05) is 13.7 Å². The van der Waals surface area contributed by atoms with Gasteiger partial charge in [-0.1, -0.05) is 6.42 Å². The van der Waals surface area contributed by atoms with Crippen molar-refractivity contribution in [1.82, 2.24) is 4.90 Å². The van der Waals surface area contributed by atoms with Crippen LogP contribution in [0.15, 0.2) is 0 Å². The molecule has 1 heterocycles. The molecule has 0 N–H and O–H groups in total. The number of carbonyl (C=O) groups excluding carboxylic acids is 1. The van der Waals surface area contributed by atoms with E-state index in [2.05, 4.69) is 4.90 Å². The third-order valence-electron chi connectivity index (χ3n) is 3.14. The van der Waals surface area contributed by atoms with Crippen molar-refractivity contribution in [2.45, 2.75) is 19.3 Å². The summed E-state index contributed by atoms with van der Waals surface area (Å²) >= 11 is 0. The highest BCUT2D eigenvalue weighted by Gasteiger charge is 2.10. The van der Waals surface area contributed by atoms with Gasteiger partial charge in [-0.25, -0.2) is 4.79 Å². The molecule has 6 heteroatoms. The Hall–Kier alpha value is -0.690. The predicted octanol–water partition coefficient (Wildman–Crippen LogP) is 0.695. The van der Waals surface area contributed by atoms with Crippen LogP contribution in [0.5, 0.6) is 0 Å². The number of ether oxygens (including phenoxy) is 4. The van der Waals surface area contributed by atoms with Crippen molar-refractivity contribution in [3.8, 4) is 0 Å². The molecule has 0 aromatic rings. The molecule has 1 aliphatic rings. The maximum absolute atomic E-state index is 11.4. The highest BCUT2D eigenvalue weighted by atomic mass is 16.6. The van der Waals surface area contributed by atoms with Gasteiger partial charge >= 0.3 is 5.97 Å². The summed E-state index contributed by atoms with van der Waals surface area (Å²) in [5.74, 6) is -0.307. The van der Waals surface area contributed by atoms with Gasteiger partial charge in [0.25, 0.3) is 0 Å². The number of carbonyl (C=O) groups is 1. The summed E-state index contributed by atoms with van der Waals surface area (Å²) < 4.78 is 20.3. The van der Waals surface area contributed by atoms with Gasteiger partial charge in [-0.2, -0.15) is 0 Å². The van der Waals surface area contributed by atoms with E-state index in [1.807, 2.05) is 0 Å². The maximum Gasteiger partial charge on any atom is 0.332 e. The molecular weight excluding hydrogens is 262 g/mol. The Labute approximate surface area is 121 Å². The molecule has 0 aliphatic carbocycles. The summed E-state index contributed by atoms with van der Waals surface area (Å²) in [6.45, 7) is 5.47. The predicted molar refractivity (Wildman–Crippen MR) is 74.8 cm³/mol. The van der Waals surface area contributed by atoms with E-state index in [1.165, 1.54) is 19.3 Å². The topological polar surface area (TPSA) is 57.2 Å². The van der Waals surface area contributed by atoms with Crippen molar-refractivity contribution < 1.29 is 23.7 Å². The van der Waals surface area contributed by atoms with E-state index >= 15 is 0 Å². The van der Waals surface area contributed by atoms with Crippen molar-refractivity contribution in [3.05, 3.63) is 0 Å². The molecule has 0 unspecified atom stereocenters. The van der Waals surface area contributed by atoms with Gasteiger partial charge in [-0.3, -0.25) is 4.90 Å². The van der Waals surface area contributed by atoms with Gasteiger partial charge < -0.3 is 18.9 Å². The Balaban J connectivity index is 1.85. The highest BCUT2D eigenvalue weighted by molar-refractivity contribution is 5.70. The van der Waals surface area contributed by atoms with Gasteiger partial charge in [0.15, 0.2) is 0 Å². The quantitative estimate of drug-likeness (QED) is 0.412. The van der Waals surface area contributed by atoms with Crippen LogP contribution >= 0.6 is 0 Å². The summed E-state index contributed by atoms with van der Waals surface area (Å²) in [6, 6.07) is 0. The van der Waals surface area contributed by atoms with Crippen LogP contribution in [0.4, 0.5) is 0 Å². The molecule has 1 saturated heterocycles. The average molecular weight is 289 g/mol. The largest absolute Gasteiger partial charge is 0.463 e. The van der Waals surface area contributed by atoms with Crippen LogP contribution in [0.3, 0.4) is 0 Å². The van der Waals surface area contributed by atoms with Crippen LogP contribution in [0.1, 0.15) is 19.3 Å². The minimum atomic E-state index is -0.307. The van der Waals surface area contributed by atoms with Crippen LogP contribution in [-0.2, 0) is 23.7 Å². The molecular formula is C14H27NO5. The van der Waals surface area contributed by atoms with Gasteiger partial charge in [0.05, 0.1) is 26.4 Å². The number of esters is 1. The van der Waals surface area contributed by atoms with Crippen LogP contribution < -0.4 is 0 Å². The highest BCUT2D eigenvalue weighted by Crippen LogP contribution is 2.07. The zero-order valence-corrected chi connectivity index (χ0v) is 12.5. The number of likely N-dealkylation sites (tertiary alicyclic amines) is 1. The molecule has 0 atom stereocenters. The molecule has 1 fully saturated rings. The van der Waals surface area contributed by atoms with Crippen LogP contribution in [0.25, 0.3) is 0 Å². The van der Waals surface area contributed by atoms with Crippen LogP contribution in [0.2, 0.25) is 0 Å². The van der Waals surface area contributed by atoms with Crippen LogP contribution in [0, 0.1) is 0 Å². The SMILES string of the molecule is COCCOCCOCC(=O)OCCN1CCCCC1. The van der Waals surface area contributed by atoms with Gasteiger partial charge in [-0.15, -0.1) is 0 Å². The second-order valence-corrected chi connectivity index (χ2v) is 4.78. The third-order valence-corrected chi connectivity index (χ3v) is 3.14. The minimum absolute atomic E-state index is 0.00631. The number of rotatable bonds is 11. The fourth-order valence-electron chi connectivity index (χ4n) is 2.03. The fourth-order valence-corrected chi connectivity index (χ4v) is 2.03. The zero-order valence-electron chi connectivity index (χ0n) is 12.5. The molecule has 6 nitrogen and oxygen atoms in total. The van der Waals surface area contributed by atoms with Crippen LogP contribution in [-0.4, -0.2) is 77.3 Å². The van der Waals surface area contributed by atoms with E-state index in [0.29, 0.717) is 33.0 Å². The molecule has 0 amide bonds. The number of hydrogen-bond donors (Lipinski definition) is 0. The Bertz CT molecular complexity index is 244. The van der Waals surface area contributed by atoms with E-state index in [0.717, 1.165) is 19.6 Å². The maximum atomic E-state index is 11.4. The van der Waals surface area contributed by atoms with Crippen molar-refractivity contribution in [2.75, 3.05) is 66.4 Å². The molecule has 0 radical (unpaired) electrons. The summed E-state index contributed by atoms with van der Waals surface area (Å²) in [6.07, 6.45) is 3.82. The first-order valence-corrected chi connectivity index (χ1v) is 7.35. The molecule has 0 bridgehead atoms. The molecule has 0 aromatic carbocycles. The number of nitrogens with zero attached hydrogens (tertiary/aromatic N) is 1. The van der Waals surface area contributed by atoms with Gasteiger partial charge in [0.2, 0.25) is 0 Å². The normalized spacial score (nSPS) is 16.2. The first-order chi connectivity index (χ1) is 9.83. The lowest BCUT2D eigenvalue weighted by molar-refractivity contribution is -0.150. The fraction of sp³-hybridized carbons (Fsp3) is 0.929. The Kier molecular flexibility index (Phi) is 10.5. The summed E-state index contributed by atoms with van der Waals surface area (Å²) in [4.78, 5) is 13.7. The summed E-state index contributed by atoms with van der Waals surface area (Å²) in [5.41, 5.74) is 0. The van der Waals surface area contributed by atoms with Crippen molar-refractivity contribution in [1.29, 1.82) is 0 Å². The first kappa shape index (κ1) is 17.4. The molecule has 1 aliphatic heterocycles. The minimum Gasteiger partial charge on any atom is -0.463 e. The van der Waals surface area contributed by atoms with E-state index in [-0.39, 0.29) is 12.6 Å². The lowest BCUT2D eigenvalue weighted by Gasteiger charge is -2.25. The molecule has 20 heavy (non-hydrogen) atoms. The van der Waals surface area contributed by atoms with Crippen molar-refractivity contribution in [3.63, 3.8) is 0 Å². The van der Waals surface area contributed by atoms with Gasteiger partial charge in [0.1, 0.15) is 13.2 Å². The Morgan fingerprint density at radius 3 is 2.40 bits per heavy atom. The van der Waals surface area contributed by atoms with E-state index < -0.39 is 0 Å². The summed E-state index contributed by atoms with van der Waals surface area (Å²) in [7, 11) is 1.62. The standard InChI is InChI=1S/C14H27NO5/c1-17-9-10-18-11-12-19-13-14(16)20-8-7-15-5-3-2-4-6-15/h2-13H2,1H3. The third kappa shape index (κ3) is 9.25. The first-order valence-electron chi connectivity index (χ1n) is 7.35. The summed E-state index contributed by atoms with van der Waals surface area (Å²) in [5, 5.41) is 0. The number of piperidine rings is 1. The molecule has 1 rings (SSSR count). The van der Waals surface area contributed by atoms with E-state index in [4.69, 9.17) is 18.9 Å². The molecule has 0 spiro atoms. The van der Waals surface area contributed by atoms with Crippen molar-refractivity contribution in [2.24, 2.45) is 0 Å². The Morgan fingerprint density at radius 1 is 0.950 bits per heavy atom. The Morgan fingerprint density at radius 2 is 1.65 bits per heavy atom. The zero-order chi connectivity index (χ0) is 14.5. The van der Waals surface area contributed by atoms with E-state index in [9.17, 15) is 4.79 Å². The average Bonchev–Trinajstić information content (AvgIpc) is 2.47. The van der Waals surface area contributed by atoms with Gasteiger partial charge in [-0.05, 0) is 25.9 Å². The lowest BCUT2D eigenvalue weighted by atomic mass is 10.1. The lowest BCUT2D eigenvalue weighted by Crippen LogP contribution is -2.33. The second kappa shape index (κ2) is 12.1. The number of hydrogen-bond acceptors (Lipinski definition) is 6.